The third-order valence-electron chi connectivity index (χ3n) is 3.42. The molecule has 8 heteroatoms. The van der Waals surface area contributed by atoms with Gasteiger partial charge in [0.1, 0.15) is 29.9 Å². The minimum absolute atomic E-state index is 0.0488. The summed E-state index contributed by atoms with van der Waals surface area (Å²) in [6, 6.07) is 8.38. The number of carbonyl (C=O) groups excluding carboxylic acids is 1. The van der Waals surface area contributed by atoms with Gasteiger partial charge in [0.15, 0.2) is 0 Å². The Bertz CT molecular complexity index is 802. The highest BCUT2D eigenvalue weighted by Gasteiger charge is 2.13. The van der Waals surface area contributed by atoms with Crippen molar-refractivity contribution in [2.45, 2.75) is 13.1 Å². The lowest BCUT2D eigenvalue weighted by atomic mass is 10.1. The van der Waals surface area contributed by atoms with E-state index in [1.807, 2.05) is 6.07 Å². The minimum Gasteiger partial charge on any atom is -0.468 e. The summed E-state index contributed by atoms with van der Waals surface area (Å²) >= 11 is 0. The highest BCUT2D eigenvalue weighted by Crippen LogP contribution is 2.16. The molecule has 7 nitrogen and oxygen atoms in total. The normalized spacial score (nSPS) is 11.1. The summed E-state index contributed by atoms with van der Waals surface area (Å²) in [5.41, 5.74) is 6.31. The SMILES string of the molecule is NC(=O)CN(Cc1ccc(-n2cncn2)c(F)c1)Cc1ccco1. The Hall–Kier alpha value is -3.00. The molecule has 24 heavy (non-hydrogen) atoms. The number of benzene rings is 1. The van der Waals surface area contributed by atoms with Crippen molar-refractivity contribution in [1.82, 2.24) is 19.7 Å². The molecular weight excluding hydrogens is 313 g/mol. The van der Waals surface area contributed by atoms with Gasteiger partial charge in [-0.25, -0.2) is 14.1 Å². The number of primary amides is 1. The lowest BCUT2D eigenvalue weighted by molar-refractivity contribution is -0.119. The molecule has 2 heterocycles. The van der Waals surface area contributed by atoms with Gasteiger partial charge in [0.05, 0.1) is 19.4 Å². The second-order valence-corrected chi connectivity index (χ2v) is 5.32. The molecule has 0 atom stereocenters. The summed E-state index contributed by atoms with van der Waals surface area (Å²) in [5.74, 6) is -0.174. The molecule has 3 aromatic rings. The standard InChI is InChI=1S/C16H16FN5O2/c17-14-6-12(3-4-15(14)22-11-19-10-20-22)7-21(9-16(18)23)8-13-2-1-5-24-13/h1-6,10-11H,7-9H2,(H2,18,23). The van der Waals surface area contributed by atoms with E-state index in [1.54, 1.807) is 29.4 Å². The van der Waals surface area contributed by atoms with Crippen LogP contribution in [0, 0.1) is 5.82 Å². The van der Waals surface area contributed by atoms with Gasteiger partial charge >= 0.3 is 0 Å². The smallest absolute Gasteiger partial charge is 0.231 e. The largest absolute Gasteiger partial charge is 0.468 e. The molecule has 124 valence electrons. The fourth-order valence-electron chi connectivity index (χ4n) is 2.44. The van der Waals surface area contributed by atoms with Crippen molar-refractivity contribution < 1.29 is 13.6 Å². The number of nitrogens with two attached hydrogens (primary N) is 1. The first-order chi connectivity index (χ1) is 11.6. The Morgan fingerprint density at radius 2 is 2.21 bits per heavy atom. The molecule has 0 aliphatic rings. The Morgan fingerprint density at radius 1 is 1.33 bits per heavy atom. The molecule has 0 unspecified atom stereocenters. The molecule has 0 fully saturated rings. The van der Waals surface area contributed by atoms with E-state index in [-0.39, 0.29) is 6.54 Å². The Kier molecular flexibility index (Phi) is 4.66. The molecular formula is C16H16FN5O2. The number of hydrogen-bond acceptors (Lipinski definition) is 5. The fourth-order valence-corrected chi connectivity index (χ4v) is 2.44. The van der Waals surface area contributed by atoms with Gasteiger partial charge in [-0.05, 0) is 29.8 Å². The zero-order valence-electron chi connectivity index (χ0n) is 12.8. The number of nitrogens with zero attached hydrogens (tertiary/aromatic N) is 4. The molecule has 2 N–H and O–H groups in total. The van der Waals surface area contributed by atoms with Crippen LogP contribution < -0.4 is 5.73 Å². The van der Waals surface area contributed by atoms with E-state index < -0.39 is 11.7 Å². The van der Waals surface area contributed by atoms with Crippen LogP contribution in [0.2, 0.25) is 0 Å². The van der Waals surface area contributed by atoms with E-state index in [9.17, 15) is 9.18 Å². The molecule has 0 spiro atoms. The molecule has 1 aromatic carbocycles. The highest BCUT2D eigenvalue weighted by atomic mass is 19.1. The van der Waals surface area contributed by atoms with Gasteiger partial charge in [0, 0.05) is 6.54 Å². The summed E-state index contributed by atoms with van der Waals surface area (Å²) in [5, 5.41) is 3.91. The number of hydrogen-bond donors (Lipinski definition) is 1. The van der Waals surface area contributed by atoms with Gasteiger partial charge in [0.2, 0.25) is 5.91 Å². The van der Waals surface area contributed by atoms with Gasteiger partial charge < -0.3 is 10.2 Å². The number of rotatable bonds is 7. The maximum Gasteiger partial charge on any atom is 0.231 e. The van der Waals surface area contributed by atoms with Gasteiger partial charge in [-0.3, -0.25) is 9.69 Å². The predicted octanol–water partition coefficient (Wildman–Crippen LogP) is 1.49. The molecule has 0 aliphatic heterocycles. The van der Waals surface area contributed by atoms with Crippen molar-refractivity contribution in [2.24, 2.45) is 5.73 Å². The van der Waals surface area contributed by atoms with E-state index in [0.29, 0.717) is 30.1 Å². The van der Waals surface area contributed by atoms with Crippen LogP contribution in [0.5, 0.6) is 0 Å². The van der Waals surface area contributed by atoms with Crippen molar-refractivity contribution in [3.05, 3.63) is 66.4 Å². The summed E-state index contributed by atoms with van der Waals surface area (Å²) in [4.78, 5) is 16.8. The van der Waals surface area contributed by atoms with Crippen LogP contribution in [0.4, 0.5) is 4.39 Å². The summed E-state index contributed by atoms with van der Waals surface area (Å²) in [7, 11) is 0. The predicted molar refractivity (Wildman–Crippen MR) is 83.3 cm³/mol. The number of aromatic nitrogens is 3. The van der Waals surface area contributed by atoms with Crippen molar-refractivity contribution >= 4 is 5.91 Å². The van der Waals surface area contributed by atoms with Crippen molar-refractivity contribution in [1.29, 1.82) is 0 Å². The quantitative estimate of drug-likeness (QED) is 0.709. The lowest BCUT2D eigenvalue weighted by Crippen LogP contribution is -2.33. The second kappa shape index (κ2) is 7.05. The molecule has 3 rings (SSSR count). The Labute approximate surface area is 137 Å². The van der Waals surface area contributed by atoms with Crippen LogP contribution in [0.3, 0.4) is 0 Å². The summed E-state index contributed by atoms with van der Waals surface area (Å²) < 4.78 is 20.9. The number of halogens is 1. The van der Waals surface area contributed by atoms with Crippen LogP contribution in [-0.2, 0) is 17.9 Å². The number of carbonyl (C=O) groups is 1. The third-order valence-corrected chi connectivity index (χ3v) is 3.42. The first kappa shape index (κ1) is 15.9. The number of amides is 1. The maximum atomic E-state index is 14.3. The highest BCUT2D eigenvalue weighted by molar-refractivity contribution is 5.75. The Balaban J connectivity index is 1.76. The first-order valence-corrected chi connectivity index (χ1v) is 7.28. The zero-order chi connectivity index (χ0) is 16.9. The molecule has 0 radical (unpaired) electrons. The van der Waals surface area contributed by atoms with Crippen molar-refractivity contribution in [3.8, 4) is 5.69 Å². The first-order valence-electron chi connectivity index (χ1n) is 7.28. The second-order valence-electron chi connectivity index (χ2n) is 5.32. The third kappa shape index (κ3) is 3.85. The zero-order valence-corrected chi connectivity index (χ0v) is 12.8. The molecule has 0 saturated heterocycles. The van der Waals surface area contributed by atoms with Gasteiger partial charge in [0.25, 0.3) is 0 Å². The van der Waals surface area contributed by atoms with Crippen LogP contribution in [0.15, 0.2) is 53.7 Å². The summed E-state index contributed by atoms with van der Waals surface area (Å²) in [6.45, 7) is 0.813. The van der Waals surface area contributed by atoms with E-state index >= 15 is 0 Å². The van der Waals surface area contributed by atoms with Gasteiger partial charge in [-0.2, -0.15) is 5.10 Å². The molecule has 2 aromatic heterocycles. The monoisotopic (exact) mass is 329 g/mol. The van der Waals surface area contributed by atoms with Gasteiger partial charge in [-0.1, -0.05) is 6.07 Å². The van der Waals surface area contributed by atoms with E-state index in [0.717, 1.165) is 0 Å². The molecule has 0 saturated carbocycles. The Morgan fingerprint density at radius 3 is 2.83 bits per heavy atom. The van der Waals surface area contributed by atoms with Gasteiger partial charge in [-0.15, -0.1) is 0 Å². The van der Waals surface area contributed by atoms with E-state index in [4.69, 9.17) is 10.2 Å². The molecule has 0 aliphatic carbocycles. The molecule has 0 bridgehead atoms. The fraction of sp³-hybridized carbons (Fsp3) is 0.188. The summed E-state index contributed by atoms with van der Waals surface area (Å²) in [6.07, 6.45) is 4.32. The lowest BCUT2D eigenvalue weighted by Gasteiger charge is -2.20. The number of furan rings is 1. The van der Waals surface area contributed by atoms with Crippen molar-refractivity contribution in [3.63, 3.8) is 0 Å². The van der Waals surface area contributed by atoms with Crippen LogP contribution in [0.1, 0.15) is 11.3 Å². The van der Waals surface area contributed by atoms with Crippen molar-refractivity contribution in [2.75, 3.05) is 6.54 Å². The average Bonchev–Trinajstić information content (AvgIpc) is 3.20. The van der Waals surface area contributed by atoms with E-state index in [2.05, 4.69) is 10.1 Å². The van der Waals surface area contributed by atoms with E-state index in [1.165, 1.54) is 23.4 Å². The van der Waals surface area contributed by atoms with Crippen LogP contribution in [-0.4, -0.2) is 32.1 Å². The minimum atomic E-state index is -0.457. The van der Waals surface area contributed by atoms with Crippen LogP contribution >= 0.6 is 0 Å². The average molecular weight is 329 g/mol. The topological polar surface area (TPSA) is 90.2 Å². The molecule has 1 amide bonds. The van der Waals surface area contributed by atoms with Crippen LogP contribution in [0.25, 0.3) is 5.69 Å². The maximum absolute atomic E-state index is 14.3.